The first-order valence-corrected chi connectivity index (χ1v) is 6.58. The number of hydrogen-bond acceptors (Lipinski definition) is 3. The molecule has 1 aliphatic rings. The van der Waals surface area contributed by atoms with E-state index in [0.29, 0.717) is 0 Å². The second-order valence-electron chi connectivity index (χ2n) is 5.28. The molecular formula is C17H13NO2. The average Bonchev–Trinajstić information content (AvgIpc) is 2.78. The fraction of sp³-hybridized carbons (Fsp3) is 0.118. The van der Waals surface area contributed by atoms with Gasteiger partial charge in [-0.15, -0.1) is 0 Å². The van der Waals surface area contributed by atoms with Gasteiger partial charge in [0.05, 0.1) is 11.2 Å². The maximum absolute atomic E-state index is 9.65. The Bertz CT molecular complexity index is 868. The van der Waals surface area contributed by atoms with Crippen LogP contribution in [0.25, 0.3) is 22.2 Å². The first kappa shape index (κ1) is 11.3. The molecule has 0 radical (unpaired) electrons. The fourth-order valence-electron chi connectivity index (χ4n) is 3.04. The van der Waals surface area contributed by atoms with E-state index in [1.54, 1.807) is 24.3 Å². The summed E-state index contributed by atoms with van der Waals surface area (Å²) in [6.45, 7) is 2.06. The number of rotatable bonds is 0. The van der Waals surface area contributed by atoms with Gasteiger partial charge in [0, 0.05) is 17.4 Å². The number of aromatic hydroxyl groups is 2. The summed E-state index contributed by atoms with van der Waals surface area (Å²) in [4.78, 5) is 4.74. The number of benzene rings is 2. The number of pyridine rings is 1. The second-order valence-corrected chi connectivity index (χ2v) is 5.28. The molecule has 0 saturated heterocycles. The molecule has 3 aromatic rings. The van der Waals surface area contributed by atoms with Crippen molar-refractivity contribution in [1.29, 1.82) is 0 Å². The Kier molecular flexibility index (Phi) is 2.11. The lowest BCUT2D eigenvalue weighted by molar-refractivity contribution is 0.474. The first-order chi connectivity index (χ1) is 9.63. The zero-order valence-corrected chi connectivity index (χ0v) is 11.0. The normalized spacial score (nSPS) is 12.4. The quantitative estimate of drug-likeness (QED) is 0.510. The molecule has 1 aromatic heterocycles. The van der Waals surface area contributed by atoms with E-state index in [1.807, 2.05) is 12.1 Å². The van der Waals surface area contributed by atoms with E-state index >= 15 is 0 Å². The van der Waals surface area contributed by atoms with Gasteiger partial charge >= 0.3 is 0 Å². The van der Waals surface area contributed by atoms with E-state index in [0.717, 1.165) is 39.7 Å². The van der Waals surface area contributed by atoms with Crippen molar-refractivity contribution >= 4 is 10.9 Å². The highest BCUT2D eigenvalue weighted by Gasteiger charge is 2.23. The summed E-state index contributed by atoms with van der Waals surface area (Å²) in [7, 11) is 0. The molecular weight excluding hydrogens is 250 g/mol. The monoisotopic (exact) mass is 263 g/mol. The van der Waals surface area contributed by atoms with Crippen LogP contribution in [0.1, 0.15) is 16.7 Å². The summed E-state index contributed by atoms with van der Waals surface area (Å²) in [6, 6.07) is 10.7. The molecule has 0 spiro atoms. The number of fused-ring (bicyclic) bond motifs is 4. The number of nitrogens with zero attached hydrogens (tertiary/aromatic N) is 1. The molecule has 2 N–H and O–H groups in total. The van der Waals surface area contributed by atoms with Gasteiger partial charge in [0.25, 0.3) is 0 Å². The summed E-state index contributed by atoms with van der Waals surface area (Å²) >= 11 is 0. The van der Waals surface area contributed by atoms with Crippen LogP contribution < -0.4 is 0 Å². The molecule has 98 valence electrons. The molecule has 0 amide bonds. The van der Waals surface area contributed by atoms with Gasteiger partial charge in [0.1, 0.15) is 11.5 Å². The van der Waals surface area contributed by atoms with Crippen molar-refractivity contribution in [3.8, 4) is 22.8 Å². The average molecular weight is 263 g/mol. The summed E-state index contributed by atoms with van der Waals surface area (Å²) in [5.41, 5.74) is 6.42. The van der Waals surface area contributed by atoms with Crippen LogP contribution in [0.3, 0.4) is 0 Å². The van der Waals surface area contributed by atoms with Gasteiger partial charge in [0.2, 0.25) is 0 Å². The van der Waals surface area contributed by atoms with Crippen molar-refractivity contribution < 1.29 is 10.2 Å². The van der Waals surface area contributed by atoms with Crippen molar-refractivity contribution in [2.24, 2.45) is 0 Å². The molecule has 1 heterocycles. The summed E-state index contributed by atoms with van der Waals surface area (Å²) in [6.07, 6.45) is 0.781. The number of aromatic nitrogens is 1. The highest BCUT2D eigenvalue weighted by atomic mass is 16.3. The minimum Gasteiger partial charge on any atom is -0.508 e. The number of aryl methyl sites for hydroxylation is 1. The Morgan fingerprint density at radius 3 is 2.60 bits per heavy atom. The van der Waals surface area contributed by atoms with E-state index in [4.69, 9.17) is 4.98 Å². The lowest BCUT2D eigenvalue weighted by atomic mass is 10.0. The highest BCUT2D eigenvalue weighted by Crippen LogP contribution is 2.40. The maximum atomic E-state index is 9.65. The third kappa shape index (κ3) is 1.43. The molecule has 0 saturated carbocycles. The predicted molar refractivity (Wildman–Crippen MR) is 78.1 cm³/mol. The third-order valence-corrected chi connectivity index (χ3v) is 4.07. The fourth-order valence-corrected chi connectivity index (χ4v) is 3.04. The Morgan fingerprint density at radius 1 is 1.00 bits per heavy atom. The maximum Gasteiger partial charge on any atom is 0.116 e. The van der Waals surface area contributed by atoms with Crippen LogP contribution in [0.2, 0.25) is 0 Å². The van der Waals surface area contributed by atoms with Crippen LogP contribution in [0.4, 0.5) is 0 Å². The van der Waals surface area contributed by atoms with Crippen LogP contribution >= 0.6 is 0 Å². The van der Waals surface area contributed by atoms with Gasteiger partial charge in [-0.25, -0.2) is 4.98 Å². The van der Waals surface area contributed by atoms with E-state index in [9.17, 15) is 10.2 Å². The van der Waals surface area contributed by atoms with Crippen molar-refractivity contribution in [2.75, 3.05) is 0 Å². The van der Waals surface area contributed by atoms with Gasteiger partial charge in [-0.1, -0.05) is 0 Å². The van der Waals surface area contributed by atoms with Crippen molar-refractivity contribution in [2.45, 2.75) is 13.3 Å². The molecule has 20 heavy (non-hydrogen) atoms. The highest BCUT2D eigenvalue weighted by molar-refractivity contribution is 5.90. The van der Waals surface area contributed by atoms with Crippen molar-refractivity contribution in [3.05, 3.63) is 53.1 Å². The number of phenols is 2. The lowest BCUT2D eigenvalue weighted by Gasteiger charge is -2.08. The molecule has 0 bridgehead atoms. The largest absolute Gasteiger partial charge is 0.508 e. The Morgan fingerprint density at radius 2 is 1.75 bits per heavy atom. The summed E-state index contributed by atoms with van der Waals surface area (Å²) < 4.78 is 0. The standard InChI is InChI=1S/C17H13NO2/c1-9-14-8-12(20)3-5-16(14)18-17-13-4-2-11(19)6-10(13)7-15(9)17/h2-6,8,19-20H,7H2,1H3. The Hall–Kier alpha value is -2.55. The minimum atomic E-state index is 0.260. The number of hydrogen-bond donors (Lipinski definition) is 2. The van der Waals surface area contributed by atoms with Gasteiger partial charge < -0.3 is 10.2 Å². The van der Waals surface area contributed by atoms with Crippen LogP contribution in [0.15, 0.2) is 36.4 Å². The van der Waals surface area contributed by atoms with Crippen LogP contribution in [0.5, 0.6) is 11.5 Å². The van der Waals surface area contributed by atoms with Gasteiger partial charge in [-0.05, 0) is 60.0 Å². The second kappa shape index (κ2) is 3.73. The van der Waals surface area contributed by atoms with E-state index in [-0.39, 0.29) is 11.5 Å². The molecule has 0 unspecified atom stereocenters. The molecule has 3 nitrogen and oxygen atoms in total. The van der Waals surface area contributed by atoms with Gasteiger partial charge in [-0.3, -0.25) is 0 Å². The SMILES string of the molecule is Cc1c2c(nc3ccc(O)cc13)-c1ccc(O)cc1C2. The van der Waals surface area contributed by atoms with Gasteiger partial charge in [0.15, 0.2) is 0 Å². The number of phenolic OH excluding ortho intramolecular Hbond substituents is 2. The van der Waals surface area contributed by atoms with E-state index in [2.05, 4.69) is 6.92 Å². The lowest BCUT2D eigenvalue weighted by Crippen LogP contribution is -1.92. The van der Waals surface area contributed by atoms with Crippen molar-refractivity contribution in [1.82, 2.24) is 4.98 Å². The zero-order chi connectivity index (χ0) is 13.9. The van der Waals surface area contributed by atoms with E-state index < -0.39 is 0 Å². The predicted octanol–water partition coefficient (Wildman–Crippen LogP) is 3.53. The first-order valence-electron chi connectivity index (χ1n) is 6.58. The van der Waals surface area contributed by atoms with Crippen LogP contribution in [0, 0.1) is 6.92 Å². The molecule has 0 fully saturated rings. The minimum absolute atomic E-state index is 0.260. The zero-order valence-electron chi connectivity index (χ0n) is 11.0. The molecule has 0 aliphatic heterocycles. The van der Waals surface area contributed by atoms with Crippen LogP contribution in [-0.2, 0) is 6.42 Å². The third-order valence-electron chi connectivity index (χ3n) is 4.07. The summed E-state index contributed by atoms with van der Waals surface area (Å²) in [5.74, 6) is 0.548. The van der Waals surface area contributed by atoms with Crippen molar-refractivity contribution in [3.63, 3.8) is 0 Å². The molecule has 3 heteroatoms. The van der Waals surface area contributed by atoms with Gasteiger partial charge in [-0.2, -0.15) is 0 Å². The Labute approximate surface area is 116 Å². The smallest absolute Gasteiger partial charge is 0.116 e. The molecule has 0 atom stereocenters. The molecule has 2 aromatic carbocycles. The van der Waals surface area contributed by atoms with Crippen LogP contribution in [-0.4, -0.2) is 15.2 Å². The molecule has 1 aliphatic carbocycles. The Balaban J connectivity index is 2.07. The van der Waals surface area contributed by atoms with E-state index in [1.165, 1.54) is 5.56 Å². The summed E-state index contributed by atoms with van der Waals surface area (Å²) in [5, 5.41) is 20.3. The topological polar surface area (TPSA) is 53.4 Å². The molecule has 4 rings (SSSR count).